The topological polar surface area (TPSA) is 49.9 Å². The van der Waals surface area contributed by atoms with Crippen molar-refractivity contribution in [3.8, 4) is 5.88 Å². The molecule has 4 nitrogen and oxygen atoms in total. The first kappa shape index (κ1) is 20.3. The first-order valence-electron chi connectivity index (χ1n) is 11.2. The van der Waals surface area contributed by atoms with E-state index in [1.165, 1.54) is 51.4 Å². The molecule has 6 heteroatoms. The van der Waals surface area contributed by atoms with Crippen LogP contribution in [0.5, 0.6) is 5.88 Å². The number of aliphatic imine (C=N–C) groups is 1. The number of aromatic nitrogens is 1. The Balaban J connectivity index is 1.57. The Kier molecular flexibility index (Phi) is 5.96. The molecule has 2 aromatic rings. The number of fused-ring (bicyclic) bond motifs is 1. The maximum absolute atomic E-state index is 11.3. The van der Waals surface area contributed by atoms with Crippen molar-refractivity contribution in [3.05, 3.63) is 37.9 Å². The zero-order valence-corrected chi connectivity index (χ0v) is 19.6. The van der Waals surface area contributed by atoms with Crippen LogP contribution in [-0.2, 0) is 0 Å². The highest BCUT2D eigenvalue weighted by Gasteiger charge is 2.24. The van der Waals surface area contributed by atoms with Crippen LogP contribution in [0.15, 0.2) is 32.7 Å². The van der Waals surface area contributed by atoms with Crippen LogP contribution >= 0.6 is 27.3 Å². The second-order valence-corrected chi connectivity index (χ2v) is 10.6. The second kappa shape index (κ2) is 8.83. The van der Waals surface area contributed by atoms with E-state index < -0.39 is 0 Å². The Bertz CT molecular complexity index is 1050. The molecule has 0 atom stereocenters. The fourth-order valence-electron chi connectivity index (χ4n) is 4.94. The molecule has 1 aliphatic heterocycles. The first-order valence-corrected chi connectivity index (χ1v) is 12.8. The van der Waals surface area contributed by atoms with Gasteiger partial charge in [0, 0.05) is 27.9 Å². The van der Waals surface area contributed by atoms with Gasteiger partial charge in [-0.05, 0) is 50.0 Å². The molecule has 2 fully saturated rings. The molecule has 1 aromatic heterocycles. The quantitative estimate of drug-likeness (QED) is 0.498. The molecule has 0 spiro atoms. The van der Waals surface area contributed by atoms with Gasteiger partial charge in [-0.3, -0.25) is 14.6 Å². The van der Waals surface area contributed by atoms with E-state index in [2.05, 4.69) is 37.6 Å². The molecule has 2 heterocycles. The van der Waals surface area contributed by atoms with Crippen LogP contribution in [0, 0.1) is 0 Å². The Hall–Kier alpha value is -1.66. The normalized spacial score (nSPS) is 22.2. The molecule has 0 amide bonds. The minimum absolute atomic E-state index is 0.364. The van der Waals surface area contributed by atoms with Gasteiger partial charge in [0.2, 0.25) is 5.88 Å². The second-order valence-electron chi connectivity index (χ2n) is 8.67. The minimum Gasteiger partial charge on any atom is -0.493 e. The third-order valence-electron chi connectivity index (χ3n) is 6.56. The Morgan fingerprint density at radius 1 is 1.07 bits per heavy atom. The summed E-state index contributed by atoms with van der Waals surface area (Å²) in [7, 11) is 0. The van der Waals surface area contributed by atoms with Crippen molar-refractivity contribution in [2.24, 2.45) is 9.98 Å². The molecule has 0 saturated heterocycles. The van der Waals surface area contributed by atoms with E-state index in [0.717, 1.165) is 43.8 Å². The molecule has 2 aliphatic carbocycles. The molecule has 30 heavy (non-hydrogen) atoms. The first-order chi connectivity index (χ1) is 14.7. The molecule has 2 saturated carbocycles. The van der Waals surface area contributed by atoms with Crippen LogP contribution in [-0.4, -0.2) is 21.9 Å². The average Bonchev–Trinajstić information content (AvgIpc) is 3.30. The van der Waals surface area contributed by atoms with Crippen molar-refractivity contribution >= 4 is 50.8 Å². The number of aromatic hydroxyl groups is 1. The van der Waals surface area contributed by atoms with Crippen LogP contribution in [0.4, 0.5) is 5.69 Å². The van der Waals surface area contributed by atoms with E-state index in [4.69, 9.17) is 4.99 Å². The van der Waals surface area contributed by atoms with E-state index in [9.17, 15) is 5.11 Å². The maximum Gasteiger partial charge on any atom is 0.211 e. The Morgan fingerprint density at radius 2 is 1.80 bits per heavy atom. The van der Waals surface area contributed by atoms with Crippen molar-refractivity contribution in [3.63, 3.8) is 0 Å². The number of hydrogen-bond acceptors (Lipinski definition) is 4. The lowest BCUT2D eigenvalue weighted by atomic mass is 9.95. The van der Waals surface area contributed by atoms with E-state index in [-0.39, 0.29) is 0 Å². The van der Waals surface area contributed by atoms with Crippen LogP contribution in [0.3, 0.4) is 0 Å². The third kappa shape index (κ3) is 4.09. The van der Waals surface area contributed by atoms with Gasteiger partial charge in [-0.2, -0.15) is 0 Å². The van der Waals surface area contributed by atoms with Gasteiger partial charge in [0.15, 0.2) is 4.80 Å². The summed E-state index contributed by atoms with van der Waals surface area (Å²) in [5.41, 5.74) is 3.13. The average molecular weight is 486 g/mol. The molecular formula is C24H28BrN3OS. The van der Waals surface area contributed by atoms with Gasteiger partial charge in [-0.1, -0.05) is 65.8 Å². The smallest absolute Gasteiger partial charge is 0.211 e. The molecule has 1 N–H and O–H groups in total. The maximum atomic E-state index is 11.3. The number of allylic oxidation sites excluding steroid dienone is 1. The summed E-state index contributed by atoms with van der Waals surface area (Å²) < 4.78 is 3.19. The summed E-state index contributed by atoms with van der Waals surface area (Å²) in [4.78, 5) is 11.6. The van der Waals surface area contributed by atoms with Crippen molar-refractivity contribution in [1.82, 2.24) is 4.57 Å². The van der Waals surface area contributed by atoms with Crippen LogP contribution in [0.25, 0.3) is 11.6 Å². The van der Waals surface area contributed by atoms with Gasteiger partial charge < -0.3 is 5.11 Å². The van der Waals surface area contributed by atoms with Gasteiger partial charge in [0.1, 0.15) is 0 Å². The predicted molar refractivity (Wildman–Crippen MR) is 129 cm³/mol. The van der Waals surface area contributed by atoms with E-state index in [0.29, 0.717) is 18.0 Å². The molecule has 158 valence electrons. The fourth-order valence-corrected chi connectivity index (χ4v) is 6.41. The van der Waals surface area contributed by atoms with Crippen molar-refractivity contribution in [2.45, 2.75) is 76.3 Å². The fraction of sp³-hybridized carbons (Fsp3) is 0.500. The molecule has 5 rings (SSSR count). The van der Waals surface area contributed by atoms with Crippen LogP contribution in [0.1, 0.15) is 80.7 Å². The van der Waals surface area contributed by atoms with E-state index >= 15 is 0 Å². The zero-order chi connectivity index (χ0) is 20.5. The largest absolute Gasteiger partial charge is 0.493 e. The van der Waals surface area contributed by atoms with Gasteiger partial charge in [0.05, 0.1) is 16.6 Å². The summed E-state index contributed by atoms with van der Waals surface area (Å²) in [5, 5.41) is 11.3. The van der Waals surface area contributed by atoms with Gasteiger partial charge in [-0.15, -0.1) is 0 Å². The van der Waals surface area contributed by atoms with E-state index in [1.54, 1.807) is 11.3 Å². The van der Waals surface area contributed by atoms with Crippen molar-refractivity contribution < 1.29 is 5.11 Å². The lowest BCUT2D eigenvalue weighted by molar-refractivity contribution is 0.304. The monoisotopic (exact) mass is 485 g/mol. The Morgan fingerprint density at radius 3 is 2.57 bits per heavy atom. The minimum atomic E-state index is 0.364. The van der Waals surface area contributed by atoms with Crippen LogP contribution < -0.4 is 4.80 Å². The number of rotatable bonds is 3. The third-order valence-corrected chi connectivity index (χ3v) is 8.06. The van der Waals surface area contributed by atoms with Gasteiger partial charge in [-0.25, -0.2) is 0 Å². The summed E-state index contributed by atoms with van der Waals surface area (Å²) in [6, 6.07) is 6.90. The summed E-state index contributed by atoms with van der Waals surface area (Å²) in [6.07, 6.45) is 16.3. The highest BCUT2D eigenvalue weighted by Crippen LogP contribution is 2.38. The van der Waals surface area contributed by atoms with Gasteiger partial charge >= 0.3 is 0 Å². The number of nitrogens with zero attached hydrogens (tertiary/aromatic N) is 3. The Labute approximate surface area is 190 Å². The molecule has 3 aliphatic rings. The molecule has 0 radical (unpaired) electrons. The molecule has 0 bridgehead atoms. The summed E-state index contributed by atoms with van der Waals surface area (Å²) >= 11 is 5.20. The predicted octanol–water partition coefficient (Wildman–Crippen LogP) is 7.01. The number of halogens is 1. The highest BCUT2D eigenvalue weighted by molar-refractivity contribution is 9.10. The van der Waals surface area contributed by atoms with Gasteiger partial charge in [0.25, 0.3) is 0 Å². The lowest BCUT2D eigenvalue weighted by Crippen LogP contribution is -2.25. The van der Waals surface area contributed by atoms with Crippen molar-refractivity contribution in [2.75, 3.05) is 0 Å². The zero-order valence-electron chi connectivity index (χ0n) is 17.2. The number of thiazole rings is 1. The lowest BCUT2D eigenvalue weighted by Gasteiger charge is -2.24. The summed E-state index contributed by atoms with van der Waals surface area (Å²) in [5.74, 6) is 0.380. The number of benzene rings is 1. The standard InChI is InChI=1S/C24H28BrN3OS/c25-17-11-12-21-20(14-17)16(15-26-21)13-22-23(29)28(19-9-5-2-6-10-19)24(30-22)27-18-7-3-1-4-8-18/h11-15,18-19,29H,1-10H2/b16-13+,27-24?. The van der Waals surface area contributed by atoms with E-state index in [1.807, 2.05) is 18.3 Å². The molecule has 0 unspecified atom stereocenters. The van der Waals surface area contributed by atoms with Crippen molar-refractivity contribution in [1.29, 1.82) is 0 Å². The molecular weight excluding hydrogens is 458 g/mol. The summed E-state index contributed by atoms with van der Waals surface area (Å²) in [6.45, 7) is 0. The molecule has 1 aromatic carbocycles. The highest BCUT2D eigenvalue weighted by atomic mass is 79.9. The number of hydrogen-bond donors (Lipinski definition) is 1. The van der Waals surface area contributed by atoms with Crippen LogP contribution in [0.2, 0.25) is 0 Å². The SMILES string of the molecule is Oc1c(/C=C2\C=Nc3ccc(Br)cc32)sc(=NC2CCCCC2)n1C1CCCCC1.